The molecule has 0 saturated heterocycles. The summed E-state index contributed by atoms with van der Waals surface area (Å²) in [4.78, 5) is 2.22. The smallest absolute Gasteiger partial charge is 0.0589 e. The van der Waals surface area contributed by atoms with Gasteiger partial charge in [0.25, 0.3) is 0 Å². The zero-order chi connectivity index (χ0) is 13.5. The van der Waals surface area contributed by atoms with Gasteiger partial charge in [-0.2, -0.15) is 0 Å². The van der Waals surface area contributed by atoms with E-state index in [4.69, 9.17) is 33.7 Å². The second-order valence-electron chi connectivity index (χ2n) is 4.01. The maximum Gasteiger partial charge on any atom is 0.0589 e. The van der Waals surface area contributed by atoms with Crippen LogP contribution in [0.5, 0.6) is 0 Å². The van der Waals surface area contributed by atoms with Crippen molar-refractivity contribution in [2.45, 2.75) is 13.0 Å². The van der Waals surface area contributed by atoms with E-state index in [1.807, 2.05) is 18.2 Å². The lowest BCUT2D eigenvalue weighted by atomic mass is 10.0. The standard InChI is InChI=1S/C13H20Cl2N2O/c1-3-17(7-8-18-2)12(9-16)13-10(14)5-4-6-11(13)15/h4-6,12H,3,7-9,16H2,1-2H3. The third-order valence-corrected chi connectivity index (χ3v) is 3.64. The summed E-state index contributed by atoms with van der Waals surface area (Å²) in [7, 11) is 1.69. The maximum atomic E-state index is 6.24. The fraction of sp³-hybridized carbons (Fsp3) is 0.538. The van der Waals surface area contributed by atoms with Gasteiger partial charge in [0.15, 0.2) is 0 Å². The first kappa shape index (κ1) is 15.7. The Morgan fingerprint density at radius 3 is 2.39 bits per heavy atom. The van der Waals surface area contributed by atoms with E-state index in [2.05, 4.69) is 11.8 Å². The van der Waals surface area contributed by atoms with Crippen LogP contribution >= 0.6 is 23.2 Å². The van der Waals surface area contributed by atoms with E-state index in [1.54, 1.807) is 7.11 Å². The first-order chi connectivity index (χ1) is 8.65. The SMILES string of the molecule is CCN(CCOC)C(CN)c1c(Cl)cccc1Cl. The monoisotopic (exact) mass is 290 g/mol. The first-order valence-electron chi connectivity index (χ1n) is 6.02. The minimum atomic E-state index is 0.0198. The Morgan fingerprint density at radius 1 is 1.33 bits per heavy atom. The molecule has 18 heavy (non-hydrogen) atoms. The molecule has 5 heteroatoms. The van der Waals surface area contributed by atoms with Gasteiger partial charge in [0, 0.05) is 35.8 Å². The van der Waals surface area contributed by atoms with Crippen molar-refractivity contribution in [2.75, 3.05) is 33.4 Å². The van der Waals surface area contributed by atoms with Crippen molar-refractivity contribution < 1.29 is 4.74 Å². The molecule has 0 aliphatic carbocycles. The number of rotatable bonds is 7. The van der Waals surface area contributed by atoms with Crippen molar-refractivity contribution in [3.63, 3.8) is 0 Å². The van der Waals surface area contributed by atoms with Crippen molar-refractivity contribution in [2.24, 2.45) is 5.73 Å². The van der Waals surface area contributed by atoms with Gasteiger partial charge in [0.05, 0.1) is 12.6 Å². The van der Waals surface area contributed by atoms with Crippen LogP contribution in [-0.4, -0.2) is 38.3 Å². The number of nitrogens with zero attached hydrogens (tertiary/aromatic N) is 1. The number of likely N-dealkylation sites (N-methyl/N-ethyl adjacent to an activating group) is 1. The minimum Gasteiger partial charge on any atom is -0.383 e. The van der Waals surface area contributed by atoms with Gasteiger partial charge in [-0.3, -0.25) is 4.90 Å². The number of methoxy groups -OCH3 is 1. The number of nitrogens with two attached hydrogens (primary N) is 1. The Bertz CT molecular complexity index is 354. The molecule has 0 aromatic heterocycles. The lowest BCUT2D eigenvalue weighted by molar-refractivity contribution is 0.126. The number of hydrogen-bond donors (Lipinski definition) is 1. The number of ether oxygens (including phenoxy) is 1. The van der Waals surface area contributed by atoms with Crippen molar-refractivity contribution >= 4 is 23.2 Å². The van der Waals surface area contributed by atoms with Crippen molar-refractivity contribution in [1.82, 2.24) is 4.90 Å². The third kappa shape index (κ3) is 3.84. The quantitative estimate of drug-likeness (QED) is 0.839. The van der Waals surface area contributed by atoms with E-state index in [0.717, 1.165) is 18.7 Å². The summed E-state index contributed by atoms with van der Waals surface area (Å²) in [5.74, 6) is 0. The number of hydrogen-bond acceptors (Lipinski definition) is 3. The van der Waals surface area contributed by atoms with Crippen LogP contribution in [0.4, 0.5) is 0 Å². The molecule has 0 aliphatic rings. The van der Waals surface area contributed by atoms with E-state index in [1.165, 1.54) is 0 Å². The molecule has 0 aliphatic heterocycles. The molecule has 2 N–H and O–H groups in total. The predicted molar refractivity (Wildman–Crippen MR) is 77.4 cm³/mol. The average molecular weight is 291 g/mol. The van der Waals surface area contributed by atoms with Crippen LogP contribution < -0.4 is 5.73 Å². The molecule has 0 fully saturated rings. The van der Waals surface area contributed by atoms with Gasteiger partial charge in [0.2, 0.25) is 0 Å². The minimum absolute atomic E-state index is 0.0198. The molecular weight excluding hydrogens is 271 g/mol. The highest BCUT2D eigenvalue weighted by Crippen LogP contribution is 2.32. The van der Waals surface area contributed by atoms with Crippen molar-refractivity contribution in [3.05, 3.63) is 33.8 Å². The lowest BCUT2D eigenvalue weighted by Gasteiger charge is -2.31. The van der Waals surface area contributed by atoms with Crippen LogP contribution in [0.15, 0.2) is 18.2 Å². The van der Waals surface area contributed by atoms with Crippen LogP contribution in [0.25, 0.3) is 0 Å². The molecule has 0 amide bonds. The van der Waals surface area contributed by atoms with Crippen molar-refractivity contribution in [1.29, 1.82) is 0 Å². The molecule has 1 rings (SSSR count). The van der Waals surface area contributed by atoms with Crippen LogP contribution in [0.1, 0.15) is 18.5 Å². The zero-order valence-corrected chi connectivity index (χ0v) is 12.3. The third-order valence-electron chi connectivity index (χ3n) is 2.99. The molecule has 0 saturated carbocycles. The highest BCUT2D eigenvalue weighted by atomic mass is 35.5. The molecule has 0 heterocycles. The van der Waals surface area contributed by atoms with Gasteiger partial charge in [0.1, 0.15) is 0 Å². The van der Waals surface area contributed by atoms with Gasteiger partial charge >= 0.3 is 0 Å². The summed E-state index contributed by atoms with van der Waals surface area (Å²) in [5, 5.41) is 1.32. The first-order valence-corrected chi connectivity index (χ1v) is 6.78. The Balaban J connectivity index is 2.99. The molecule has 1 atom stereocenters. The molecule has 0 radical (unpaired) electrons. The Kier molecular flexibility index (Phi) is 6.97. The van der Waals surface area contributed by atoms with E-state index in [0.29, 0.717) is 23.2 Å². The second kappa shape index (κ2) is 7.97. The maximum absolute atomic E-state index is 6.24. The Morgan fingerprint density at radius 2 is 1.94 bits per heavy atom. The van der Waals surface area contributed by atoms with Crippen molar-refractivity contribution in [3.8, 4) is 0 Å². The molecule has 1 aromatic rings. The van der Waals surface area contributed by atoms with Gasteiger partial charge in [-0.1, -0.05) is 36.2 Å². The van der Waals surface area contributed by atoms with Gasteiger partial charge in [-0.05, 0) is 18.7 Å². The van der Waals surface area contributed by atoms with Crippen LogP contribution in [0.3, 0.4) is 0 Å². The Hall–Kier alpha value is -0.320. The van der Waals surface area contributed by atoms with E-state index in [9.17, 15) is 0 Å². The molecule has 102 valence electrons. The number of benzene rings is 1. The second-order valence-corrected chi connectivity index (χ2v) is 4.82. The summed E-state index contributed by atoms with van der Waals surface area (Å²) in [6.07, 6.45) is 0. The zero-order valence-electron chi connectivity index (χ0n) is 10.8. The van der Waals surface area contributed by atoms with E-state index < -0.39 is 0 Å². The largest absolute Gasteiger partial charge is 0.383 e. The molecule has 1 aromatic carbocycles. The molecule has 3 nitrogen and oxygen atoms in total. The van der Waals surface area contributed by atoms with E-state index in [-0.39, 0.29) is 6.04 Å². The topological polar surface area (TPSA) is 38.5 Å². The van der Waals surface area contributed by atoms with Gasteiger partial charge < -0.3 is 10.5 Å². The number of halogens is 2. The normalized spacial score (nSPS) is 13.0. The molecule has 0 spiro atoms. The average Bonchev–Trinajstić information content (AvgIpc) is 2.36. The van der Waals surface area contributed by atoms with Crippen LogP contribution in [-0.2, 0) is 4.74 Å². The van der Waals surface area contributed by atoms with Crippen LogP contribution in [0.2, 0.25) is 10.0 Å². The highest BCUT2D eigenvalue weighted by Gasteiger charge is 2.22. The van der Waals surface area contributed by atoms with E-state index >= 15 is 0 Å². The van der Waals surface area contributed by atoms with Crippen LogP contribution in [0, 0.1) is 0 Å². The lowest BCUT2D eigenvalue weighted by Crippen LogP contribution is -2.36. The van der Waals surface area contributed by atoms with Gasteiger partial charge in [-0.15, -0.1) is 0 Å². The molecule has 1 unspecified atom stereocenters. The fourth-order valence-corrected chi connectivity index (χ4v) is 2.67. The molecule has 0 bridgehead atoms. The fourth-order valence-electron chi connectivity index (χ4n) is 2.02. The Labute approximate surface area is 119 Å². The summed E-state index contributed by atoms with van der Waals surface area (Å²) in [6, 6.07) is 5.55. The van der Waals surface area contributed by atoms with Gasteiger partial charge in [-0.25, -0.2) is 0 Å². The molecular formula is C13H20Cl2N2O. The summed E-state index contributed by atoms with van der Waals surface area (Å²) in [6.45, 7) is 4.89. The summed E-state index contributed by atoms with van der Waals surface area (Å²) in [5.41, 5.74) is 6.79. The summed E-state index contributed by atoms with van der Waals surface area (Å²) < 4.78 is 5.12. The highest BCUT2D eigenvalue weighted by molar-refractivity contribution is 6.36. The summed E-state index contributed by atoms with van der Waals surface area (Å²) >= 11 is 12.5. The predicted octanol–water partition coefficient (Wildman–Crippen LogP) is 2.96.